The van der Waals surface area contributed by atoms with Crippen molar-refractivity contribution >= 4 is 37.8 Å². The van der Waals surface area contributed by atoms with Gasteiger partial charge < -0.3 is 10.0 Å². The number of alkyl halides is 2. The van der Waals surface area contributed by atoms with Crippen molar-refractivity contribution < 1.29 is 18.7 Å². The molecule has 22 heavy (non-hydrogen) atoms. The van der Waals surface area contributed by atoms with Crippen molar-refractivity contribution in [3.8, 4) is 0 Å². The van der Waals surface area contributed by atoms with Crippen LogP contribution >= 0.6 is 31.9 Å². The Hall–Kier alpha value is -0.600. The van der Waals surface area contributed by atoms with Gasteiger partial charge in [0.05, 0.1) is 16.6 Å². The van der Waals surface area contributed by atoms with Crippen molar-refractivity contribution in [2.45, 2.75) is 43.2 Å². The van der Waals surface area contributed by atoms with Crippen molar-refractivity contribution in [2.75, 3.05) is 6.54 Å². The monoisotopic (exact) mass is 438 g/mol. The van der Waals surface area contributed by atoms with Gasteiger partial charge in [0, 0.05) is 0 Å². The van der Waals surface area contributed by atoms with Crippen LogP contribution in [0.5, 0.6) is 0 Å². The Bertz CT molecular complexity index is 621. The molecule has 0 radical (unpaired) electrons. The van der Waals surface area contributed by atoms with E-state index in [0.29, 0.717) is 21.9 Å². The summed E-state index contributed by atoms with van der Waals surface area (Å²) < 4.78 is 29.2. The summed E-state index contributed by atoms with van der Waals surface area (Å²) in [4.78, 5) is 17.9. The molecule has 2 fully saturated rings. The number of pyridine rings is 1. The molecule has 0 bridgehead atoms. The molecule has 1 unspecified atom stereocenters. The number of amides is 1. The second-order valence-corrected chi connectivity index (χ2v) is 7.44. The van der Waals surface area contributed by atoms with Crippen LogP contribution in [0.15, 0.2) is 21.2 Å². The van der Waals surface area contributed by atoms with Gasteiger partial charge in [-0.3, -0.25) is 4.79 Å². The first kappa shape index (κ1) is 16.3. The van der Waals surface area contributed by atoms with Crippen LogP contribution < -0.4 is 0 Å². The predicted molar refractivity (Wildman–Crippen MR) is 82.8 cm³/mol. The molecule has 1 amide bonds. The fourth-order valence-electron chi connectivity index (χ4n) is 3.47. The number of halogens is 4. The molecule has 8 heteroatoms. The first-order valence-corrected chi connectivity index (χ1v) is 8.56. The predicted octanol–water partition coefficient (Wildman–Crippen LogP) is 3.37. The zero-order valence-corrected chi connectivity index (χ0v) is 14.7. The van der Waals surface area contributed by atoms with E-state index < -0.39 is 30.0 Å². The summed E-state index contributed by atoms with van der Waals surface area (Å²) in [5, 5.41) is 10.1. The third-order valence-corrected chi connectivity index (χ3v) is 6.33. The maximum atomic E-state index is 14.0. The topological polar surface area (TPSA) is 53.4 Å². The van der Waals surface area contributed by atoms with Crippen LogP contribution in [0, 0.1) is 0 Å². The van der Waals surface area contributed by atoms with Gasteiger partial charge in [0.2, 0.25) is 0 Å². The van der Waals surface area contributed by atoms with Crippen molar-refractivity contribution in [2.24, 2.45) is 0 Å². The molecule has 1 aliphatic carbocycles. The fourth-order valence-corrected chi connectivity index (χ4v) is 4.02. The molecule has 2 aliphatic rings. The lowest BCUT2D eigenvalue weighted by Crippen LogP contribution is -2.52. The van der Waals surface area contributed by atoms with Gasteiger partial charge in [0.15, 0.2) is 0 Å². The van der Waals surface area contributed by atoms with Crippen LogP contribution in [0.2, 0.25) is 0 Å². The van der Waals surface area contributed by atoms with E-state index in [1.54, 1.807) is 6.07 Å². The lowest BCUT2D eigenvalue weighted by molar-refractivity contribution is -0.0959. The third kappa shape index (κ3) is 2.39. The molecule has 1 aliphatic heterocycles. The summed E-state index contributed by atoms with van der Waals surface area (Å²) in [5.74, 6) is -3.85. The van der Waals surface area contributed by atoms with Gasteiger partial charge in [-0.1, -0.05) is 12.8 Å². The zero-order chi connectivity index (χ0) is 16.1. The van der Waals surface area contributed by atoms with E-state index in [2.05, 4.69) is 36.8 Å². The van der Waals surface area contributed by atoms with Crippen LogP contribution in [0.1, 0.15) is 36.2 Å². The number of hydrogen-bond donors (Lipinski definition) is 1. The lowest BCUT2D eigenvalue weighted by atomic mass is 9.90. The van der Waals surface area contributed by atoms with Crippen LogP contribution in [0.25, 0.3) is 0 Å². The van der Waals surface area contributed by atoms with Crippen molar-refractivity contribution in [3.05, 3.63) is 26.9 Å². The molecule has 3 rings (SSSR count). The van der Waals surface area contributed by atoms with Crippen molar-refractivity contribution in [1.29, 1.82) is 0 Å². The maximum Gasteiger partial charge on any atom is 0.292 e. The number of likely N-dealkylation sites (tertiary alicyclic amines) is 1. The van der Waals surface area contributed by atoms with E-state index in [1.165, 1.54) is 6.07 Å². The molecular formula is C14H14Br2F2N2O2. The van der Waals surface area contributed by atoms with E-state index >= 15 is 0 Å². The summed E-state index contributed by atoms with van der Waals surface area (Å²) in [6.07, 6.45) is 0.439. The Morgan fingerprint density at radius 1 is 1.32 bits per heavy atom. The number of carbonyl (C=O) groups is 1. The number of hydrogen-bond acceptors (Lipinski definition) is 3. The van der Waals surface area contributed by atoms with Gasteiger partial charge in [-0.25, -0.2) is 13.8 Å². The van der Waals surface area contributed by atoms with Gasteiger partial charge in [-0.2, -0.15) is 0 Å². The molecular weight excluding hydrogens is 426 g/mol. The Balaban J connectivity index is 1.98. The summed E-state index contributed by atoms with van der Waals surface area (Å²) in [7, 11) is 0. The Labute approximate surface area is 143 Å². The van der Waals surface area contributed by atoms with Crippen LogP contribution in [0.4, 0.5) is 8.78 Å². The molecule has 1 aromatic rings. The number of aliphatic hydroxyl groups is 1. The highest BCUT2D eigenvalue weighted by atomic mass is 79.9. The first-order chi connectivity index (χ1) is 10.3. The number of aromatic nitrogens is 1. The van der Waals surface area contributed by atoms with Crippen molar-refractivity contribution in [3.63, 3.8) is 0 Å². The molecule has 120 valence electrons. The molecule has 2 heterocycles. The second-order valence-electron chi connectivity index (χ2n) is 5.83. The Kier molecular flexibility index (Phi) is 4.06. The summed E-state index contributed by atoms with van der Waals surface area (Å²) >= 11 is 6.46. The lowest BCUT2D eigenvalue weighted by Gasteiger charge is -2.36. The molecule has 4 nitrogen and oxygen atoms in total. The highest BCUT2D eigenvalue weighted by Crippen LogP contribution is 2.49. The molecule has 1 atom stereocenters. The molecule has 1 saturated carbocycles. The van der Waals surface area contributed by atoms with Gasteiger partial charge in [0.1, 0.15) is 16.4 Å². The van der Waals surface area contributed by atoms with E-state index in [1.807, 2.05) is 0 Å². The van der Waals surface area contributed by atoms with Gasteiger partial charge >= 0.3 is 0 Å². The minimum absolute atomic E-state index is 0.0891. The Morgan fingerprint density at radius 2 is 1.95 bits per heavy atom. The van der Waals surface area contributed by atoms with Crippen LogP contribution in [-0.2, 0) is 0 Å². The molecule has 1 spiro atoms. The number of rotatable bonds is 1. The fraction of sp³-hybridized carbons (Fsp3) is 0.571. The summed E-state index contributed by atoms with van der Waals surface area (Å²) in [6, 6.07) is 3.12. The Morgan fingerprint density at radius 3 is 2.55 bits per heavy atom. The normalized spacial score (nSPS) is 25.9. The third-order valence-electron chi connectivity index (χ3n) is 4.55. The second kappa shape index (κ2) is 5.49. The highest BCUT2D eigenvalue weighted by molar-refractivity contribution is 9.13. The van der Waals surface area contributed by atoms with Gasteiger partial charge in [-0.15, -0.1) is 0 Å². The molecule has 1 aromatic heterocycles. The number of nitrogens with zero attached hydrogens (tertiary/aromatic N) is 2. The SMILES string of the molecule is O=C(c1ccc(Br)c(Br)n1)N1CC(F)(F)C(O)C12CCCC2. The zero-order valence-electron chi connectivity index (χ0n) is 11.5. The largest absolute Gasteiger partial charge is 0.384 e. The maximum absolute atomic E-state index is 14.0. The quantitative estimate of drug-likeness (QED) is 0.682. The van der Waals surface area contributed by atoms with E-state index in [-0.39, 0.29) is 5.69 Å². The standard InChI is InChI=1S/C14H14Br2F2N2O2/c15-8-3-4-9(19-10(8)16)11(21)20-7-14(17,18)12(22)13(20)5-1-2-6-13/h3-4,12,22H,1-2,5-7H2. The smallest absolute Gasteiger partial charge is 0.292 e. The molecule has 1 N–H and O–H groups in total. The van der Waals surface area contributed by atoms with Gasteiger partial charge in [-0.05, 0) is 56.8 Å². The van der Waals surface area contributed by atoms with Gasteiger partial charge in [0.25, 0.3) is 11.8 Å². The minimum atomic E-state index is -3.29. The van der Waals surface area contributed by atoms with Crippen LogP contribution in [-0.4, -0.2) is 45.0 Å². The van der Waals surface area contributed by atoms with Crippen LogP contribution in [0.3, 0.4) is 0 Å². The van der Waals surface area contributed by atoms with E-state index in [0.717, 1.165) is 17.7 Å². The number of carbonyl (C=O) groups excluding carboxylic acids is 1. The average Bonchev–Trinajstić information content (AvgIpc) is 3.02. The molecule has 1 saturated heterocycles. The average molecular weight is 440 g/mol. The van der Waals surface area contributed by atoms with E-state index in [4.69, 9.17) is 0 Å². The van der Waals surface area contributed by atoms with E-state index in [9.17, 15) is 18.7 Å². The summed E-state index contributed by atoms with van der Waals surface area (Å²) in [5.41, 5.74) is -1.08. The van der Waals surface area contributed by atoms with Crippen molar-refractivity contribution in [1.82, 2.24) is 9.88 Å². The minimum Gasteiger partial charge on any atom is -0.384 e. The summed E-state index contributed by atoms with van der Waals surface area (Å²) in [6.45, 7) is -0.762. The molecule has 0 aromatic carbocycles. The number of aliphatic hydroxyl groups excluding tert-OH is 1. The first-order valence-electron chi connectivity index (χ1n) is 6.98. The highest BCUT2D eigenvalue weighted by Gasteiger charge is 2.64.